The number of halogens is 4. The fourth-order valence-corrected chi connectivity index (χ4v) is 2.39. The van der Waals surface area contributed by atoms with E-state index >= 15 is 0 Å². The summed E-state index contributed by atoms with van der Waals surface area (Å²) in [5, 5.41) is 11.9. The molecule has 0 aliphatic heterocycles. The van der Waals surface area contributed by atoms with Crippen molar-refractivity contribution < 1.29 is 8.78 Å². The third-order valence-corrected chi connectivity index (χ3v) is 3.46. The maximum atomic E-state index is 13.7. The van der Waals surface area contributed by atoms with Gasteiger partial charge in [-0.25, -0.2) is 8.78 Å². The zero-order valence-corrected chi connectivity index (χ0v) is 12.4. The largest absolute Gasteiger partial charge is 0.380 e. The molecule has 0 bridgehead atoms. The van der Waals surface area contributed by atoms with E-state index in [-0.39, 0.29) is 17.7 Å². The van der Waals surface area contributed by atoms with Crippen LogP contribution in [0.1, 0.15) is 11.1 Å². The fraction of sp³-hybridized carbons (Fsp3) is 0.0714. The molecule has 0 heterocycles. The average molecular weight is 358 g/mol. The molecule has 2 nitrogen and oxygen atoms in total. The standard InChI is InChI=1S/C14H8BrClF2N2/c15-9-1-2-14(11(16)5-9)20-7-10-12(17)3-8(6-19)4-13(10)18/h1-5,20H,7H2. The SMILES string of the molecule is N#Cc1cc(F)c(CNc2ccc(Br)cc2Cl)c(F)c1. The van der Waals surface area contributed by atoms with Crippen LogP contribution in [0.4, 0.5) is 14.5 Å². The van der Waals surface area contributed by atoms with Gasteiger partial charge in [-0.1, -0.05) is 27.5 Å². The van der Waals surface area contributed by atoms with Crippen LogP contribution < -0.4 is 5.32 Å². The molecular weight excluding hydrogens is 350 g/mol. The van der Waals surface area contributed by atoms with E-state index in [0.29, 0.717) is 10.7 Å². The summed E-state index contributed by atoms with van der Waals surface area (Å²) in [6, 6.07) is 8.84. The van der Waals surface area contributed by atoms with Crippen molar-refractivity contribution in [1.82, 2.24) is 0 Å². The number of rotatable bonds is 3. The highest BCUT2D eigenvalue weighted by atomic mass is 79.9. The first-order valence-electron chi connectivity index (χ1n) is 5.58. The quantitative estimate of drug-likeness (QED) is 0.851. The van der Waals surface area contributed by atoms with E-state index < -0.39 is 11.6 Å². The van der Waals surface area contributed by atoms with Crippen LogP contribution >= 0.6 is 27.5 Å². The normalized spacial score (nSPS) is 10.2. The summed E-state index contributed by atoms with van der Waals surface area (Å²) in [5.74, 6) is -1.52. The number of hydrogen-bond donors (Lipinski definition) is 1. The molecule has 0 aliphatic rings. The van der Waals surface area contributed by atoms with Crippen molar-refractivity contribution in [1.29, 1.82) is 5.26 Å². The number of nitrogens with one attached hydrogen (secondary N) is 1. The molecule has 1 N–H and O–H groups in total. The van der Waals surface area contributed by atoms with E-state index in [1.54, 1.807) is 24.3 Å². The van der Waals surface area contributed by atoms with Crippen molar-refractivity contribution in [2.75, 3.05) is 5.32 Å². The van der Waals surface area contributed by atoms with Gasteiger partial charge < -0.3 is 5.32 Å². The maximum absolute atomic E-state index is 13.7. The van der Waals surface area contributed by atoms with Gasteiger partial charge in [-0.3, -0.25) is 0 Å². The highest BCUT2D eigenvalue weighted by Gasteiger charge is 2.11. The molecule has 102 valence electrons. The minimum atomic E-state index is -0.762. The van der Waals surface area contributed by atoms with E-state index in [2.05, 4.69) is 21.2 Å². The van der Waals surface area contributed by atoms with E-state index in [0.717, 1.165) is 16.6 Å². The predicted octanol–water partition coefficient (Wildman–Crippen LogP) is 4.86. The zero-order valence-electron chi connectivity index (χ0n) is 10.1. The lowest BCUT2D eigenvalue weighted by Crippen LogP contribution is -2.05. The number of benzene rings is 2. The second-order valence-corrected chi connectivity index (χ2v) is 5.33. The molecule has 0 amide bonds. The first-order chi connectivity index (χ1) is 9.51. The van der Waals surface area contributed by atoms with Crippen molar-refractivity contribution in [2.24, 2.45) is 0 Å². The van der Waals surface area contributed by atoms with E-state index in [4.69, 9.17) is 16.9 Å². The lowest BCUT2D eigenvalue weighted by atomic mass is 10.1. The monoisotopic (exact) mass is 356 g/mol. The molecule has 2 aromatic rings. The first-order valence-corrected chi connectivity index (χ1v) is 6.75. The van der Waals surface area contributed by atoms with Gasteiger partial charge in [0.15, 0.2) is 0 Å². The molecule has 0 radical (unpaired) electrons. The summed E-state index contributed by atoms with van der Waals surface area (Å²) in [6.07, 6.45) is 0. The third kappa shape index (κ3) is 3.27. The van der Waals surface area contributed by atoms with Crippen LogP contribution in [0.3, 0.4) is 0 Å². The molecule has 0 aliphatic carbocycles. The Labute approximate surface area is 128 Å². The van der Waals surface area contributed by atoms with Crippen LogP contribution in [0.15, 0.2) is 34.8 Å². The van der Waals surface area contributed by atoms with Crippen LogP contribution in [-0.2, 0) is 6.54 Å². The molecule has 0 aromatic heterocycles. The molecule has 0 saturated heterocycles. The van der Waals surface area contributed by atoms with Gasteiger partial charge in [0.1, 0.15) is 11.6 Å². The summed E-state index contributed by atoms with van der Waals surface area (Å²) in [7, 11) is 0. The summed E-state index contributed by atoms with van der Waals surface area (Å²) in [6.45, 7) is -0.0648. The molecule has 20 heavy (non-hydrogen) atoms. The molecule has 0 saturated carbocycles. The Morgan fingerprint density at radius 3 is 2.40 bits per heavy atom. The maximum Gasteiger partial charge on any atom is 0.132 e. The predicted molar refractivity (Wildman–Crippen MR) is 77.6 cm³/mol. The van der Waals surface area contributed by atoms with Gasteiger partial charge in [0.25, 0.3) is 0 Å². The van der Waals surface area contributed by atoms with Gasteiger partial charge in [-0.15, -0.1) is 0 Å². The average Bonchev–Trinajstić information content (AvgIpc) is 2.39. The second kappa shape index (κ2) is 6.21. The van der Waals surface area contributed by atoms with E-state index in [9.17, 15) is 8.78 Å². The summed E-state index contributed by atoms with van der Waals surface area (Å²) in [5.41, 5.74) is 0.381. The van der Waals surface area contributed by atoms with Gasteiger partial charge in [0.05, 0.1) is 22.3 Å². The fourth-order valence-electron chi connectivity index (χ4n) is 1.65. The number of anilines is 1. The number of nitriles is 1. The van der Waals surface area contributed by atoms with E-state index in [1.165, 1.54) is 0 Å². The minimum Gasteiger partial charge on any atom is -0.380 e. The van der Waals surface area contributed by atoms with Gasteiger partial charge in [-0.2, -0.15) is 5.26 Å². The van der Waals surface area contributed by atoms with Gasteiger partial charge in [-0.05, 0) is 30.3 Å². The molecule has 0 atom stereocenters. The lowest BCUT2D eigenvalue weighted by molar-refractivity contribution is 0.559. The van der Waals surface area contributed by atoms with Crippen molar-refractivity contribution in [3.8, 4) is 6.07 Å². The molecule has 2 aromatic carbocycles. The minimum absolute atomic E-state index is 0.0505. The van der Waals surface area contributed by atoms with E-state index in [1.807, 2.05) is 0 Å². The first kappa shape index (κ1) is 14.8. The van der Waals surface area contributed by atoms with Gasteiger partial charge >= 0.3 is 0 Å². The Kier molecular flexibility index (Phi) is 4.58. The highest BCUT2D eigenvalue weighted by molar-refractivity contribution is 9.10. The topological polar surface area (TPSA) is 35.8 Å². The van der Waals surface area contributed by atoms with Crippen LogP contribution in [0.5, 0.6) is 0 Å². The Morgan fingerprint density at radius 2 is 1.85 bits per heavy atom. The van der Waals surface area contributed by atoms with Crippen molar-refractivity contribution in [3.63, 3.8) is 0 Å². The third-order valence-electron chi connectivity index (χ3n) is 2.66. The van der Waals surface area contributed by atoms with Crippen LogP contribution in [0, 0.1) is 23.0 Å². The molecule has 2 rings (SSSR count). The Bertz CT molecular complexity index is 675. The molecule has 0 spiro atoms. The zero-order chi connectivity index (χ0) is 14.7. The molecule has 6 heteroatoms. The Morgan fingerprint density at radius 1 is 1.20 bits per heavy atom. The summed E-state index contributed by atoms with van der Waals surface area (Å²) < 4.78 is 28.2. The summed E-state index contributed by atoms with van der Waals surface area (Å²) >= 11 is 9.27. The summed E-state index contributed by atoms with van der Waals surface area (Å²) in [4.78, 5) is 0. The van der Waals surface area contributed by atoms with Crippen molar-refractivity contribution in [2.45, 2.75) is 6.54 Å². The molecule has 0 fully saturated rings. The van der Waals surface area contributed by atoms with Crippen LogP contribution in [0.25, 0.3) is 0 Å². The van der Waals surface area contributed by atoms with Gasteiger partial charge in [0.2, 0.25) is 0 Å². The molecule has 0 unspecified atom stereocenters. The van der Waals surface area contributed by atoms with Crippen molar-refractivity contribution in [3.05, 3.63) is 62.6 Å². The number of nitrogens with zero attached hydrogens (tertiary/aromatic N) is 1. The van der Waals surface area contributed by atoms with Crippen LogP contribution in [0.2, 0.25) is 5.02 Å². The number of hydrogen-bond acceptors (Lipinski definition) is 2. The Hall–Kier alpha value is -1.64. The second-order valence-electron chi connectivity index (χ2n) is 4.01. The Balaban J connectivity index is 2.21. The highest BCUT2D eigenvalue weighted by Crippen LogP contribution is 2.26. The van der Waals surface area contributed by atoms with Gasteiger partial charge in [0, 0.05) is 16.6 Å². The molecular formula is C14H8BrClF2N2. The van der Waals surface area contributed by atoms with Crippen molar-refractivity contribution >= 4 is 33.2 Å². The smallest absolute Gasteiger partial charge is 0.132 e. The lowest BCUT2D eigenvalue weighted by Gasteiger charge is -2.10. The van der Waals surface area contributed by atoms with Crippen LogP contribution in [-0.4, -0.2) is 0 Å².